The number of rotatable bonds is 8. The Bertz CT molecular complexity index is 822. The van der Waals surface area contributed by atoms with Crippen molar-refractivity contribution in [3.05, 3.63) is 17.3 Å². The van der Waals surface area contributed by atoms with Crippen LogP contribution in [-0.2, 0) is 16.0 Å². The maximum atomic E-state index is 12.5. The predicted octanol–water partition coefficient (Wildman–Crippen LogP) is 4.42. The molecule has 0 radical (unpaired) electrons. The third-order valence-electron chi connectivity index (χ3n) is 8.75. The molecule has 4 heterocycles. The van der Waals surface area contributed by atoms with Crippen molar-refractivity contribution >= 4 is 11.6 Å². The van der Waals surface area contributed by atoms with Crippen LogP contribution in [-0.4, -0.2) is 68.2 Å². The van der Waals surface area contributed by atoms with Gasteiger partial charge in [-0.3, -0.25) is 9.69 Å². The summed E-state index contributed by atoms with van der Waals surface area (Å²) >= 11 is 0. The van der Waals surface area contributed by atoms with Crippen molar-refractivity contribution in [1.29, 1.82) is 0 Å². The van der Waals surface area contributed by atoms with Crippen LogP contribution >= 0.6 is 0 Å². The second kappa shape index (κ2) is 11.4. The number of aromatic nitrogens is 1. The number of pyridine rings is 1. The van der Waals surface area contributed by atoms with Gasteiger partial charge in [0, 0.05) is 76.0 Å². The van der Waals surface area contributed by atoms with E-state index in [2.05, 4.69) is 16.7 Å². The zero-order valence-corrected chi connectivity index (χ0v) is 21.1. The Morgan fingerprint density at radius 2 is 1.62 bits per heavy atom. The Hall–Kier alpha value is -1.66. The summed E-state index contributed by atoms with van der Waals surface area (Å²) in [4.78, 5) is 22.4. The van der Waals surface area contributed by atoms with E-state index >= 15 is 0 Å². The van der Waals surface area contributed by atoms with Crippen molar-refractivity contribution in [3.8, 4) is 5.75 Å². The molecule has 188 valence electrons. The standard InChI is InChI=1S/C28H43N3O3/c1-21-20-29-28(26-9-17-34-27(21)26)31-13-11-30(12-14-31)10-6-22-2-4-23(5-3-22)18-25(32)19-24-7-15-33-16-8-24/h20,22-24H,2-19H2,1H3. The molecule has 6 nitrogen and oxygen atoms in total. The number of fused-ring (bicyclic) bond motifs is 1. The minimum atomic E-state index is 0.508. The van der Waals surface area contributed by atoms with E-state index in [9.17, 15) is 4.79 Å². The van der Waals surface area contributed by atoms with E-state index < -0.39 is 0 Å². The summed E-state index contributed by atoms with van der Waals surface area (Å²) in [5, 5.41) is 0. The van der Waals surface area contributed by atoms with Crippen molar-refractivity contribution in [2.24, 2.45) is 17.8 Å². The average Bonchev–Trinajstić information content (AvgIpc) is 3.36. The fourth-order valence-electron chi connectivity index (χ4n) is 6.54. The molecule has 0 amide bonds. The number of nitrogens with zero attached hydrogens (tertiary/aromatic N) is 3. The lowest BCUT2D eigenvalue weighted by atomic mass is 9.77. The van der Waals surface area contributed by atoms with Gasteiger partial charge in [0.25, 0.3) is 0 Å². The highest BCUT2D eigenvalue weighted by Crippen LogP contribution is 2.36. The second-order valence-electron chi connectivity index (χ2n) is 11.2. The lowest BCUT2D eigenvalue weighted by molar-refractivity contribution is -0.121. The number of ether oxygens (including phenoxy) is 2. The molecule has 0 atom stereocenters. The maximum absolute atomic E-state index is 12.5. The Labute approximate surface area is 205 Å². The number of ketones is 1. The normalized spacial score (nSPS) is 26.3. The zero-order chi connectivity index (χ0) is 23.3. The molecule has 1 aromatic heterocycles. The smallest absolute Gasteiger partial charge is 0.135 e. The first-order valence-corrected chi connectivity index (χ1v) is 13.8. The third-order valence-corrected chi connectivity index (χ3v) is 8.75. The van der Waals surface area contributed by atoms with E-state index in [1.165, 1.54) is 44.2 Å². The number of hydrogen-bond donors (Lipinski definition) is 0. The van der Waals surface area contributed by atoms with Crippen LogP contribution in [0, 0.1) is 24.7 Å². The summed E-state index contributed by atoms with van der Waals surface area (Å²) in [7, 11) is 0. The largest absolute Gasteiger partial charge is 0.492 e. The fourth-order valence-corrected chi connectivity index (χ4v) is 6.54. The van der Waals surface area contributed by atoms with Gasteiger partial charge in [-0.2, -0.15) is 0 Å². The van der Waals surface area contributed by atoms with Crippen molar-refractivity contribution in [2.75, 3.05) is 57.4 Å². The van der Waals surface area contributed by atoms with E-state index in [0.29, 0.717) is 17.6 Å². The molecule has 2 saturated heterocycles. The van der Waals surface area contributed by atoms with Gasteiger partial charge in [0.2, 0.25) is 0 Å². The van der Waals surface area contributed by atoms with Crippen LogP contribution in [0.5, 0.6) is 5.75 Å². The number of Topliss-reactive ketones (excluding diaryl/α,β-unsaturated/α-hetero) is 1. The summed E-state index contributed by atoms with van der Waals surface area (Å²) in [5.74, 6) is 4.80. The monoisotopic (exact) mass is 469 g/mol. The quantitative estimate of drug-likeness (QED) is 0.562. The molecule has 6 heteroatoms. The van der Waals surface area contributed by atoms with Gasteiger partial charge in [0.05, 0.1) is 6.61 Å². The van der Waals surface area contributed by atoms with Crippen molar-refractivity contribution in [2.45, 2.75) is 71.1 Å². The first-order valence-electron chi connectivity index (χ1n) is 13.8. The number of anilines is 1. The Balaban J connectivity index is 0.991. The molecule has 4 aliphatic rings. The van der Waals surface area contributed by atoms with Crippen molar-refractivity contribution in [3.63, 3.8) is 0 Å². The summed E-state index contributed by atoms with van der Waals surface area (Å²) in [5.41, 5.74) is 2.48. The molecule has 1 saturated carbocycles. The predicted molar refractivity (Wildman–Crippen MR) is 135 cm³/mol. The number of aryl methyl sites for hydroxylation is 1. The molecule has 0 N–H and O–H groups in total. The summed E-state index contributed by atoms with van der Waals surface area (Å²) in [6.07, 6.45) is 13.2. The molecule has 34 heavy (non-hydrogen) atoms. The minimum absolute atomic E-state index is 0.508. The molecule has 3 fully saturated rings. The Kier molecular flexibility index (Phi) is 8.05. The van der Waals surface area contributed by atoms with Crippen LogP contribution in [0.25, 0.3) is 0 Å². The highest BCUT2D eigenvalue weighted by atomic mass is 16.5. The van der Waals surface area contributed by atoms with Gasteiger partial charge in [0.15, 0.2) is 0 Å². The van der Waals surface area contributed by atoms with Crippen molar-refractivity contribution in [1.82, 2.24) is 9.88 Å². The highest BCUT2D eigenvalue weighted by molar-refractivity contribution is 5.78. The topological polar surface area (TPSA) is 54.9 Å². The van der Waals surface area contributed by atoms with Gasteiger partial charge in [-0.15, -0.1) is 0 Å². The van der Waals surface area contributed by atoms with E-state index in [-0.39, 0.29) is 0 Å². The molecular weight excluding hydrogens is 426 g/mol. The van der Waals surface area contributed by atoms with Gasteiger partial charge in [-0.05, 0) is 63.3 Å². The summed E-state index contributed by atoms with van der Waals surface area (Å²) in [6.45, 7) is 10.2. The van der Waals surface area contributed by atoms with Gasteiger partial charge in [-0.25, -0.2) is 4.98 Å². The van der Waals surface area contributed by atoms with E-state index in [4.69, 9.17) is 14.5 Å². The summed E-state index contributed by atoms with van der Waals surface area (Å²) in [6, 6.07) is 0. The van der Waals surface area contributed by atoms with Gasteiger partial charge in [0.1, 0.15) is 17.4 Å². The first-order chi connectivity index (χ1) is 16.7. The number of carbonyl (C=O) groups excluding carboxylic acids is 1. The second-order valence-corrected chi connectivity index (χ2v) is 11.2. The molecule has 1 aromatic rings. The Morgan fingerprint density at radius 1 is 0.941 bits per heavy atom. The number of carbonyl (C=O) groups is 1. The maximum Gasteiger partial charge on any atom is 0.135 e. The number of piperazine rings is 1. The van der Waals surface area contributed by atoms with E-state index in [0.717, 1.165) is 101 Å². The van der Waals surface area contributed by atoms with Crippen LogP contribution in [0.15, 0.2) is 6.20 Å². The number of hydrogen-bond acceptors (Lipinski definition) is 6. The SMILES string of the molecule is Cc1cnc(N2CCN(CCC3CCC(CC(=O)CC4CCOCC4)CC3)CC2)c2c1OCC2. The highest BCUT2D eigenvalue weighted by Gasteiger charge is 2.28. The molecule has 0 aromatic carbocycles. The fraction of sp³-hybridized carbons (Fsp3) is 0.786. The lowest BCUT2D eigenvalue weighted by Gasteiger charge is -2.37. The third kappa shape index (κ3) is 5.93. The van der Waals surface area contributed by atoms with E-state index in [1.54, 1.807) is 0 Å². The van der Waals surface area contributed by atoms with Crippen LogP contribution in [0.2, 0.25) is 0 Å². The minimum Gasteiger partial charge on any atom is -0.492 e. The van der Waals surface area contributed by atoms with Crippen molar-refractivity contribution < 1.29 is 14.3 Å². The molecule has 1 aliphatic carbocycles. The first kappa shape index (κ1) is 24.1. The molecule has 0 spiro atoms. The average molecular weight is 470 g/mol. The Morgan fingerprint density at radius 3 is 2.35 bits per heavy atom. The van der Waals surface area contributed by atoms with Gasteiger partial charge in [-0.1, -0.05) is 12.8 Å². The molecule has 0 bridgehead atoms. The molecule has 3 aliphatic heterocycles. The van der Waals surface area contributed by atoms with E-state index in [1.807, 2.05) is 6.20 Å². The van der Waals surface area contributed by atoms with Crippen LogP contribution in [0.3, 0.4) is 0 Å². The molecule has 5 rings (SSSR count). The lowest BCUT2D eigenvalue weighted by Crippen LogP contribution is -2.47. The summed E-state index contributed by atoms with van der Waals surface area (Å²) < 4.78 is 11.3. The molecular formula is C28H43N3O3. The zero-order valence-electron chi connectivity index (χ0n) is 21.1. The van der Waals surface area contributed by atoms with Gasteiger partial charge < -0.3 is 14.4 Å². The van der Waals surface area contributed by atoms with Gasteiger partial charge >= 0.3 is 0 Å². The van der Waals surface area contributed by atoms with Crippen LogP contribution < -0.4 is 9.64 Å². The van der Waals surface area contributed by atoms with Crippen LogP contribution in [0.4, 0.5) is 5.82 Å². The molecule has 0 unspecified atom stereocenters. The van der Waals surface area contributed by atoms with Crippen LogP contribution in [0.1, 0.15) is 68.9 Å².